The second-order valence-corrected chi connectivity index (χ2v) is 3.82. The molecule has 0 bridgehead atoms. The predicted octanol–water partition coefficient (Wildman–Crippen LogP) is 4.19. The van der Waals surface area contributed by atoms with Crippen LogP contribution in [0.15, 0.2) is 48.5 Å². The average Bonchev–Trinajstić information content (AvgIpc) is 2.33. The molecule has 2 heteroatoms. The molecule has 17 heavy (non-hydrogen) atoms. The first kappa shape index (κ1) is 11.5. The normalized spacial score (nSPS) is 10.0. The average molecular weight is 228 g/mol. The minimum absolute atomic E-state index is 0.661. The van der Waals surface area contributed by atoms with Crippen molar-refractivity contribution in [3.8, 4) is 17.2 Å². The number of ether oxygens (including phenoxy) is 2. The summed E-state index contributed by atoms with van der Waals surface area (Å²) in [6, 6.07) is 15.6. The van der Waals surface area contributed by atoms with Crippen molar-refractivity contribution < 1.29 is 9.47 Å². The zero-order chi connectivity index (χ0) is 12.1. The van der Waals surface area contributed by atoms with Crippen molar-refractivity contribution >= 4 is 0 Å². The van der Waals surface area contributed by atoms with E-state index in [1.54, 1.807) is 0 Å². The predicted molar refractivity (Wildman–Crippen MR) is 68.9 cm³/mol. The summed E-state index contributed by atoms with van der Waals surface area (Å²) in [5.41, 5.74) is 1.22. The van der Waals surface area contributed by atoms with E-state index < -0.39 is 0 Å². The second-order valence-electron chi connectivity index (χ2n) is 3.82. The van der Waals surface area contributed by atoms with Crippen LogP contribution in [0.25, 0.3) is 0 Å². The lowest BCUT2D eigenvalue weighted by Gasteiger charge is -2.08. The first-order chi connectivity index (χ1) is 8.28. The van der Waals surface area contributed by atoms with Gasteiger partial charge in [-0.1, -0.05) is 23.8 Å². The van der Waals surface area contributed by atoms with Gasteiger partial charge in [0.05, 0.1) is 6.61 Å². The van der Waals surface area contributed by atoms with E-state index in [-0.39, 0.29) is 0 Å². The van der Waals surface area contributed by atoms with Crippen LogP contribution in [-0.4, -0.2) is 6.61 Å². The molecule has 2 aromatic carbocycles. The summed E-state index contributed by atoms with van der Waals surface area (Å²) in [6.45, 7) is 4.68. The Morgan fingerprint density at radius 2 is 1.59 bits per heavy atom. The zero-order valence-electron chi connectivity index (χ0n) is 10.1. The fraction of sp³-hybridized carbons (Fsp3) is 0.200. The fourth-order valence-corrected chi connectivity index (χ4v) is 1.54. The lowest BCUT2D eigenvalue weighted by molar-refractivity contribution is 0.338. The first-order valence-corrected chi connectivity index (χ1v) is 5.75. The Morgan fingerprint density at radius 3 is 2.29 bits per heavy atom. The SMILES string of the molecule is CCOc1cccc(Oc2ccc(C)cc2)c1. The van der Waals surface area contributed by atoms with Gasteiger partial charge in [0.2, 0.25) is 0 Å². The Bertz CT molecular complexity index is 475. The number of aryl methyl sites for hydroxylation is 1. The van der Waals surface area contributed by atoms with Crippen molar-refractivity contribution in [2.45, 2.75) is 13.8 Å². The van der Waals surface area contributed by atoms with Gasteiger partial charge in [0, 0.05) is 6.07 Å². The van der Waals surface area contributed by atoms with Crippen LogP contribution in [0.5, 0.6) is 17.2 Å². The minimum Gasteiger partial charge on any atom is -0.494 e. The zero-order valence-corrected chi connectivity index (χ0v) is 10.1. The van der Waals surface area contributed by atoms with Gasteiger partial charge in [-0.25, -0.2) is 0 Å². The van der Waals surface area contributed by atoms with Crippen molar-refractivity contribution in [2.24, 2.45) is 0 Å². The molecule has 0 radical (unpaired) electrons. The van der Waals surface area contributed by atoms with Crippen LogP contribution in [0.3, 0.4) is 0 Å². The van der Waals surface area contributed by atoms with Crippen LogP contribution < -0.4 is 9.47 Å². The fourth-order valence-electron chi connectivity index (χ4n) is 1.54. The van der Waals surface area contributed by atoms with Crippen molar-refractivity contribution in [3.05, 3.63) is 54.1 Å². The van der Waals surface area contributed by atoms with Gasteiger partial charge in [-0.05, 0) is 38.1 Å². The van der Waals surface area contributed by atoms with Crippen LogP contribution >= 0.6 is 0 Å². The van der Waals surface area contributed by atoms with E-state index in [1.807, 2.05) is 55.5 Å². The topological polar surface area (TPSA) is 18.5 Å². The van der Waals surface area contributed by atoms with Gasteiger partial charge in [0.25, 0.3) is 0 Å². The molecule has 88 valence electrons. The molecule has 2 aromatic rings. The molecule has 0 atom stereocenters. The van der Waals surface area contributed by atoms with E-state index in [0.29, 0.717) is 6.61 Å². The molecule has 0 aliphatic heterocycles. The van der Waals surface area contributed by atoms with Crippen molar-refractivity contribution in [1.29, 1.82) is 0 Å². The Labute approximate surface area is 102 Å². The highest BCUT2D eigenvalue weighted by Crippen LogP contribution is 2.25. The molecule has 0 heterocycles. The quantitative estimate of drug-likeness (QED) is 0.781. The van der Waals surface area contributed by atoms with Crippen LogP contribution in [0.2, 0.25) is 0 Å². The lowest BCUT2D eigenvalue weighted by Crippen LogP contribution is -1.91. The molecule has 0 aliphatic rings. The van der Waals surface area contributed by atoms with E-state index in [1.165, 1.54) is 5.56 Å². The Hall–Kier alpha value is -1.96. The van der Waals surface area contributed by atoms with E-state index in [9.17, 15) is 0 Å². The van der Waals surface area contributed by atoms with Gasteiger partial charge in [-0.15, -0.1) is 0 Å². The third-order valence-electron chi connectivity index (χ3n) is 2.37. The molecule has 0 N–H and O–H groups in total. The maximum Gasteiger partial charge on any atom is 0.131 e. The first-order valence-electron chi connectivity index (χ1n) is 5.75. The number of benzene rings is 2. The maximum absolute atomic E-state index is 5.74. The molecular weight excluding hydrogens is 212 g/mol. The molecule has 0 amide bonds. The smallest absolute Gasteiger partial charge is 0.131 e. The summed E-state index contributed by atoms with van der Waals surface area (Å²) in [4.78, 5) is 0. The lowest BCUT2D eigenvalue weighted by atomic mass is 10.2. The molecule has 0 fully saturated rings. The number of rotatable bonds is 4. The summed E-state index contributed by atoms with van der Waals surface area (Å²) >= 11 is 0. The number of hydrogen-bond acceptors (Lipinski definition) is 2. The summed E-state index contributed by atoms with van der Waals surface area (Å²) < 4.78 is 11.2. The summed E-state index contributed by atoms with van der Waals surface area (Å²) in [7, 11) is 0. The molecular formula is C15H16O2. The molecule has 2 nitrogen and oxygen atoms in total. The van der Waals surface area contributed by atoms with Crippen LogP contribution in [0.1, 0.15) is 12.5 Å². The Kier molecular flexibility index (Phi) is 3.66. The van der Waals surface area contributed by atoms with Gasteiger partial charge >= 0.3 is 0 Å². The third kappa shape index (κ3) is 3.25. The van der Waals surface area contributed by atoms with E-state index >= 15 is 0 Å². The highest BCUT2D eigenvalue weighted by atomic mass is 16.5. The van der Waals surface area contributed by atoms with Crippen molar-refractivity contribution in [1.82, 2.24) is 0 Å². The molecule has 0 spiro atoms. The van der Waals surface area contributed by atoms with Crippen LogP contribution in [-0.2, 0) is 0 Å². The van der Waals surface area contributed by atoms with Gasteiger partial charge in [-0.3, -0.25) is 0 Å². The standard InChI is InChI=1S/C15H16O2/c1-3-16-14-5-4-6-15(11-14)17-13-9-7-12(2)8-10-13/h4-11H,3H2,1-2H3. The van der Waals surface area contributed by atoms with Gasteiger partial charge < -0.3 is 9.47 Å². The highest BCUT2D eigenvalue weighted by molar-refractivity contribution is 5.37. The maximum atomic E-state index is 5.74. The second kappa shape index (κ2) is 5.39. The van der Waals surface area contributed by atoms with Crippen molar-refractivity contribution in [2.75, 3.05) is 6.61 Å². The Balaban J connectivity index is 2.12. The summed E-state index contributed by atoms with van der Waals surface area (Å²) in [6.07, 6.45) is 0. The van der Waals surface area contributed by atoms with E-state index in [0.717, 1.165) is 17.2 Å². The third-order valence-corrected chi connectivity index (χ3v) is 2.37. The molecule has 2 rings (SSSR count). The van der Waals surface area contributed by atoms with E-state index in [2.05, 4.69) is 6.92 Å². The van der Waals surface area contributed by atoms with Crippen LogP contribution in [0, 0.1) is 6.92 Å². The monoisotopic (exact) mass is 228 g/mol. The summed E-state index contributed by atoms with van der Waals surface area (Å²) in [5.74, 6) is 2.46. The largest absolute Gasteiger partial charge is 0.494 e. The molecule has 0 saturated carbocycles. The minimum atomic E-state index is 0.661. The molecule has 0 unspecified atom stereocenters. The number of hydrogen-bond donors (Lipinski definition) is 0. The van der Waals surface area contributed by atoms with Gasteiger partial charge in [0.1, 0.15) is 17.2 Å². The van der Waals surface area contributed by atoms with Gasteiger partial charge in [0.15, 0.2) is 0 Å². The van der Waals surface area contributed by atoms with Crippen LogP contribution in [0.4, 0.5) is 0 Å². The highest BCUT2D eigenvalue weighted by Gasteiger charge is 1.99. The molecule has 0 aromatic heterocycles. The molecule has 0 saturated heterocycles. The summed E-state index contributed by atoms with van der Waals surface area (Å²) in [5, 5.41) is 0. The molecule has 0 aliphatic carbocycles. The van der Waals surface area contributed by atoms with Gasteiger partial charge in [-0.2, -0.15) is 0 Å². The van der Waals surface area contributed by atoms with Crippen molar-refractivity contribution in [3.63, 3.8) is 0 Å². The van der Waals surface area contributed by atoms with E-state index in [4.69, 9.17) is 9.47 Å². The Morgan fingerprint density at radius 1 is 0.882 bits per heavy atom.